The minimum Gasteiger partial charge on any atom is -0.341 e. The number of hydrogen-bond acceptors (Lipinski definition) is 4. The number of rotatable bonds is 5. The maximum absolute atomic E-state index is 14.3. The van der Waals surface area contributed by atoms with Gasteiger partial charge < -0.3 is 10.2 Å². The first-order valence-electron chi connectivity index (χ1n) is 12.6. The first-order valence-corrected chi connectivity index (χ1v) is 12.6. The van der Waals surface area contributed by atoms with Crippen molar-refractivity contribution in [3.8, 4) is 0 Å². The van der Waals surface area contributed by atoms with Crippen LogP contribution in [-0.4, -0.2) is 73.1 Å². The monoisotopic (exact) mass is 558 g/mol. The fraction of sp³-hybridized carbons (Fsp3) is 0.407. The molecule has 210 valence electrons. The van der Waals surface area contributed by atoms with Crippen LogP contribution in [0.15, 0.2) is 42.5 Å². The molecule has 2 heterocycles. The first-order chi connectivity index (χ1) is 18.7. The molecule has 2 aromatic carbocycles. The SMILES string of the molecule is [B]c1ccc(N2C(=O)N(C)C(=O)C23CCN(C(=O)C(NC(=O)c2cc(C(F)(F)F)ccc2F)C(C)C)CC3)cc1. The van der Waals surface area contributed by atoms with Crippen LogP contribution >= 0.6 is 0 Å². The second-order valence-electron chi connectivity index (χ2n) is 10.3. The highest BCUT2D eigenvalue weighted by atomic mass is 19.4. The molecular formula is C27H27BF4N4O4. The van der Waals surface area contributed by atoms with Crippen LogP contribution in [0.2, 0.25) is 0 Å². The Balaban J connectivity index is 1.53. The molecule has 5 amide bonds. The van der Waals surface area contributed by atoms with E-state index in [1.807, 2.05) is 0 Å². The summed E-state index contributed by atoms with van der Waals surface area (Å²) in [6.45, 7) is 3.39. The molecule has 2 saturated heterocycles. The normalized spacial score (nSPS) is 18.1. The van der Waals surface area contributed by atoms with Crippen molar-refractivity contribution in [1.29, 1.82) is 0 Å². The highest BCUT2D eigenvalue weighted by Crippen LogP contribution is 2.40. The quantitative estimate of drug-likeness (QED) is 0.348. The molecule has 1 N–H and O–H groups in total. The summed E-state index contributed by atoms with van der Waals surface area (Å²) in [6, 6.07) is 6.30. The van der Waals surface area contributed by atoms with Gasteiger partial charge in [-0.15, -0.1) is 0 Å². The van der Waals surface area contributed by atoms with Crippen LogP contribution < -0.4 is 15.7 Å². The van der Waals surface area contributed by atoms with Gasteiger partial charge in [0.25, 0.3) is 11.8 Å². The zero-order valence-corrected chi connectivity index (χ0v) is 22.1. The number of amides is 5. The van der Waals surface area contributed by atoms with E-state index in [4.69, 9.17) is 7.85 Å². The average Bonchev–Trinajstić information content (AvgIpc) is 3.07. The van der Waals surface area contributed by atoms with E-state index in [2.05, 4.69) is 5.32 Å². The maximum Gasteiger partial charge on any atom is 0.416 e. The number of imide groups is 1. The van der Waals surface area contributed by atoms with Crippen molar-refractivity contribution in [2.24, 2.45) is 5.92 Å². The number of anilines is 1. The van der Waals surface area contributed by atoms with Gasteiger partial charge in [-0.2, -0.15) is 13.2 Å². The number of nitrogens with one attached hydrogen (secondary N) is 1. The molecule has 1 spiro atoms. The van der Waals surface area contributed by atoms with E-state index in [1.165, 1.54) is 16.8 Å². The number of alkyl halides is 3. The number of hydrogen-bond donors (Lipinski definition) is 1. The molecule has 0 saturated carbocycles. The van der Waals surface area contributed by atoms with Crippen LogP contribution in [-0.2, 0) is 15.8 Å². The van der Waals surface area contributed by atoms with Gasteiger partial charge in [0, 0.05) is 25.8 Å². The van der Waals surface area contributed by atoms with E-state index < -0.39 is 64.4 Å². The number of benzene rings is 2. The molecular weight excluding hydrogens is 531 g/mol. The molecule has 1 atom stereocenters. The van der Waals surface area contributed by atoms with Gasteiger partial charge in [-0.1, -0.05) is 31.4 Å². The summed E-state index contributed by atoms with van der Waals surface area (Å²) in [7, 11) is 7.16. The predicted molar refractivity (Wildman–Crippen MR) is 139 cm³/mol. The van der Waals surface area contributed by atoms with Gasteiger partial charge >= 0.3 is 12.2 Å². The van der Waals surface area contributed by atoms with Crippen LogP contribution in [0, 0.1) is 11.7 Å². The Morgan fingerprint density at radius 2 is 1.62 bits per heavy atom. The van der Waals surface area contributed by atoms with Crippen LogP contribution in [0.1, 0.15) is 42.6 Å². The molecule has 2 aliphatic rings. The molecule has 0 bridgehead atoms. The summed E-state index contributed by atoms with van der Waals surface area (Å²) in [5.41, 5.74) is -2.29. The lowest BCUT2D eigenvalue weighted by Crippen LogP contribution is -2.60. The van der Waals surface area contributed by atoms with Crippen molar-refractivity contribution in [2.45, 2.75) is 44.4 Å². The summed E-state index contributed by atoms with van der Waals surface area (Å²) in [5.74, 6) is -3.74. The van der Waals surface area contributed by atoms with Gasteiger partial charge in [0.15, 0.2) is 0 Å². The second-order valence-corrected chi connectivity index (χ2v) is 10.3. The summed E-state index contributed by atoms with van der Waals surface area (Å²) in [4.78, 5) is 56.4. The van der Waals surface area contributed by atoms with Crippen LogP contribution in [0.25, 0.3) is 0 Å². The number of likely N-dealkylation sites (N-methyl/N-ethyl adjacent to an activating group) is 1. The molecule has 2 fully saturated rings. The minimum absolute atomic E-state index is 0.0637. The largest absolute Gasteiger partial charge is 0.416 e. The Hall–Kier alpha value is -3.90. The molecule has 0 aromatic heterocycles. The molecule has 40 heavy (non-hydrogen) atoms. The standard InChI is InChI=1S/C27H27BF4N4O4/c1-15(2)21(33-22(37)19-14-16(27(30,31)32)4-9-20(19)29)23(38)35-12-10-26(11-13-35)24(39)34(3)25(40)36(26)18-7-5-17(28)6-8-18/h4-9,14-15,21H,10-13H2,1-3H3,(H,33,37). The smallest absolute Gasteiger partial charge is 0.341 e. The van der Waals surface area contributed by atoms with E-state index in [-0.39, 0.29) is 25.9 Å². The van der Waals surface area contributed by atoms with Crippen molar-refractivity contribution in [2.75, 3.05) is 25.0 Å². The van der Waals surface area contributed by atoms with Crippen molar-refractivity contribution < 1.29 is 36.7 Å². The molecule has 4 rings (SSSR count). The van der Waals surface area contributed by atoms with E-state index in [9.17, 15) is 36.7 Å². The summed E-state index contributed by atoms with van der Waals surface area (Å²) in [6.07, 6.45) is -4.56. The van der Waals surface area contributed by atoms with Gasteiger partial charge in [-0.05, 0) is 49.1 Å². The molecule has 2 aliphatic heterocycles. The topological polar surface area (TPSA) is 90.0 Å². The Labute approximate surface area is 229 Å². The lowest BCUT2D eigenvalue weighted by molar-refractivity contribution is -0.139. The van der Waals surface area contributed by atoms with E-state index in [1.54, 1.807) is 38.1 Å². The van der Waals surface area contributed by atoms with Crippen molar-refractivity contribution >= 4 is 42.7 Å². The van der Waals surface area contributed by atoms with Gasteiger partial charge in [0.2, 0.25) is 5.91 Å². The summed E-state index contributed by atoms with van der Waals surface area (Å²) in [5, 5.41) is 2.38. The first kappa shape index (κ1) is 29.1. The van der Waals surface area contributed by atoms with E-state index in [0.29, 0.717) is 29.3 Å². The number of carbonyl (C=O) groups excluding carboxylic acids is 4. The van der Waals surface area contributed by atoms with Gasteiger partial charge in [-0.25, -0.2) is 9.18 Å². The van der Waals surface area contributed by atoms with Crippen LogP contribution in [0.4, 0.5) is 28.0 Å². The Bertz CT molecular complexity index is 1340. The lowest BCUT2D eigenvalue weighted by atomic mass is 9.84. The number of piperidine rings is 1. The number of urea groups is 1. The second kappa shape index (κ2) is 10.6. The third-order valence-corrected chi connectivity index (χ3v) is 7.42. The maximum atomic E-state index is 14.3. The molecule has 8 nitrogen and oxygen atoms in total. The van der Waals surface area contributed by atoms with Crippen molar-refractivity contribution in [3.63, 3.8) is 0 Å². The van der Waals surface area contributed by atoms with Crippen LogP contribution in [0.5, 0.6) is 0 Å². The van der Waals surface area contributed by atoms with Crippen molar-refractivity contribution in [3.05, 3.63) is 59.4 Å². The number of carbonyl (C=O) groups is 4. The number of likely N-dealkylation sites (tertiary alicyclic amines) is 1. The summed E-state index contributed by atoms with van der Waals surface area (Å²) >= 11 is 0. The van der Waals surface area contributed by atoms with Crippen molar-refractivity contribution in [1.82, 2.24) is 15.1 Å². The highest BCUT2D eigenvalue weighted by molar-refractivity contribution is 6.32. The van der Waals surface area contributed by atoms with E-state index >= 15 is 0 Å². The van der Waals surface area contributed by atoms with Gasteiger partial charge in [0.1, 0.15) is 25.2 Å². The fourth-order valence-corrected chi connectivity index (χ4v) is 5.15. The third-order valence-electron chi connectivity index (χ3n) is 7.42. The van der Waals surface area contributed by atoms with Crippen LogP contribution in [0.3, 0.4) is 0 Å². The Morgan fingerprint density at radius 3 is 2.17 bits per heavy atom. The summed E-state index contributed by atoms with van der Waals surface area (Å²) < 4.78 is 53.6. The zero-order chi connectivity index (χ0) is 29.6. The fourth-order valence-electron chi connectivity index (χ4n) is 5.15. The number of nitrogens with zero attached hydrogens (tertiary/aromatic N) is 3. The lowest BCUT2D eigenvalue weighted by Gasteiger charge is -2.43. The Morgan fingerprint density at radius 1 is 1.02 bits per heavy atom. The molecule has 13 heteroatoms. The molecule has 0 aliphatic carbocycles. The van der Waals surface area contributed by atoms with Gasteiger partial charge in [-0.3, -0.25) is 24.2 Å². The predicted octanol–water partition coefficient (Wildman–Crippen LogP) is 2.85. The molecule has 2 radical (unpaired) electrons. The van der Waals surface area contributed by atoms with Gasteiger partial charge in [0.05, 0.1) is 11.1 Å². The average molecular weight is 558 g/mol. The Kier molecular flexibility index (Phi) is 7.70. The number of halogens is 4. The zero-order valence-electron chi connectivity index (χ0n) is 22.1. The van der Waals surface area contributed by atoms with E-state index in [0.717, 1.165) is 4.90 Å². The third kappa shape index (κ3) is 5.16. The highest BCUT2D eigenvalue weighted by Gasteiger charge is 2.58. The molecule has 2 aromatic rings. The minimum atomic E-state index is -4.78. The molecule has 1 unspecified atom stereocenters.